The average molecular weight is 235 g/mol. The quantitative estimate of drug-likeness (QED) is 0.843. The molecule has 0 bridgehead atoms. The van der Waals surface area contributed by atoms with E-state index in [4.69, 9.17) is 14.2 Å². The van der Waals surface area contributed by atoms with Crippen LogP contribution in [0.5, 0.6) is 17.2 Å². The summed E-state index contributed by atoms with van der Waals surface area (Å²) in [6.45, 7) is 1.29. The Labute approximate surface area is 101 Å². The van der Waals surface area contributed by atoms with Gasteiger partial charge in [-0.25, -0.2) is 0 Å². The Morgan fingerprint density at radius 3 is 3.00 bits per heavy atom. The molecule has 0 saturated heterocycles. The standard InChI is InChI=1S/C13H17NO3/c1-15-11-6-9(4-5-14-10-2-3-10)7-12-13(11)17-8-16-12/h6-7,10,14H,2-5,8H2,1H3. The van der Waals surface area contributed by atoms with E-state index in [2.05, 4.69) is 5.32 Å². The predicted molar refractivity (Wildman–Crippen MR) is 63.8 cm³/mol. The third-order valence-electron chi connectivity index (χ3n) is 3.14. The summed E-state index contributed by atoms with van der Waals surface area (Å²) >= 11 is 0. The fourth-order valence-corrected chi connectivity index (χ4v) is 2.04. The van der Waals surface area contributed by atoms with Crippen LogP contribution >= 0.6 is 0 Å². The maximum atomic E-state index is 5.40. The van der Waals surface area contributed by atoms with E-state index in [1.165, 1.54) is 18.4 Å². The van der Waals surface area contributed by atoms with E-state index in [1.54, 1.807) is 7.11 Å². The van der Waals surface area contributed by atoms with Crippen molar-refractivity contribution in [1.82, 2.24) is 5.32 Å². The van der Waals surface area contributed by atoms with Crippen LogP contribution in [0.4, 0.5) is 0 Å². The minimum atomic E-state index is 0.287. The Hall–Kier alpha value is -1.42. The molecule has 0 spiro atoms. The lowest BCUT2D eigenvalue weighted by Crippen LogP contribution is -2.19. The molecule has 1 N–H and O–H groups in total. The Morgan fingerprint density at radius 2 is 2.24 bits per heavy atom. The number of benzene rings is 1. The molecule has 3 rings (SSSR count). The fourth-order valence-electron chi connectivity index (χ4n) is 2.04. The van der Waals surface area contributed by atoms with Gasteiger partial charge >= 0.3 is 0 Å². The minimum absolute atomic E-state index is 0.287. The number of fused-ring (bicyclic) bond motifs is 1. The molecule has 0 unspecified atom stereocenters. The summed E-state index contributed by atoms with van der Waals surface area (Å²) in [5.41, 5.74) is 1.22. The van der Waals surface area contributed by atoms with E-state index in [0.29, 0.717) is 0 Å². The molecule has 4 nitrogen and oxygen atoms in total. The van der Waals surface area contributed by atoms with Crippen molar-refractivity contribution in [2.45, 2.75) is 25.3 Å². The molecule has 1 aliphatic carbocycles. The van der Waals surface area contributed by atoms with Gasteiger partial charge < -0.3 is 19.5 Å². The van der Waals surface area contributed by atoms with Gasteiger partial charge in [-0.2, -0.15) is 0 Å². The summed E-state index contributed by atoms with van der Waals surface area (Å²) < 4.78 is 16.1. The highest BCUT2D eigenvalue weighted by Crippen LogP contribution is 2.41. The topological polar surface area (TPSA) is 39.7 Å². The summed E-state index contributed by atoms with van der Waals surface area (Å²) in [6.07, 6.45) is 3.64. The van der Waals surface area contributed by atoms with Crippen molar-refractivity contribution in [1.29, 1.82) is 0 Å². The molecule has 17 heavy (non-hydrogen) atoms. The molecule has 1 heterocycles. The van der Waals surface area contributed by atoms with Gasteiger partial charge in [-0.15, -0.1) is 0 Å². The molecular formula is C13H17NO3. The van der Waals surface area contributed by atoms with Crippen LogP contribution in [0.15, 0.2) is 12.1 Å². The number of hydrogen-bond donors (Lipinski definition) is 1. The second-order valence-electron chi connectivity index (χ2n) is 4.51. The Balaban J connectivity index is 1.70. The first-order chi connectivity index (χ1) is 8.36. The van der Waals surface area contributed by atoms with E-state index in [0.717, 1.165) is 36.3 Å². The van der Waals surface area contributed by atoms with Gasteiger partial charge in [-0.3, -0.25) is 0 Å². The summed E-state index contributed by atoms with van der Waals surface area (Å²) in [6, 6.07) is 4.83. The Morgan fingerprint density at radius 1 is 1.35 bits per heavy atom. The highest BCUT2D eigenvalue weighted by atomic mass is 16.7. The van der Waals surface area contributed by atoms with Gasteiger partial charge in [0.2, 0.25) is 12.5 Å². The number of methoxy groups -OCH3 is 1. The van der Waals surface area contributed by atoms with Crippen LogP contribution in [0.2, 0.25) is 0 Å². The van der Waals surface area contributed by atoms with Crippen molar-refractivity contribution in [3.63, 3.8) is 0 Å². The van der Waals surface area contributed by atoms with Gasteiger partial charge in [-0.05, 0) is 43.5 Å². The molecule has 0 aromatic heterocycles. The molecule has 2 aliphatic rings. The van der Waals surface area contributed by atoms with Crippen molar-refractivity contribution < 1.29 is 14.2 Å². The second kappa shape index (κ2) is 4.45. The molecule has 0 amide bonds. The highest BCUT2D eigenvalue weighted by molar-refractivity contribution is 5.55. The zero-order chi connectivity index (χ0) is 11.7. The molecule has 4 heteroatoms. The van der Waals surface area contributed by atoms with Crippen molar-refractivity contribution in [2.75, 3.05) is 20.4 Å². The van der Waals surface area contributed by atoms with Gasteiger partial charge in [0.25, 0.3) is 0 Å². The molecule has 0 atom stereocenters. The molecule has 1 aromatic carbocycles. The minimum Gasteiger partial charge on any atom is -0.493 e. The molecule has 1 aliphatic heterocycles. The summed E-state index contributed by atoms with van der Waals surface area (Å²) in [7, 11) is 1.66. The Kier molecular flexibility index (Phi) is 2.81. The van der Waals surface area contributed by atoms with Gasteiger partial charge in [-0.1, -0.05) is 0 Å². The van der Waals surface area contributed by atoms with Crippen LogP contribution in [-0.2, 0) is 6.42 Å². The van der Waals surface area contributed by atoms with Crippen LogP contribution in [0.1, 0.15) is 18.4 Å². The lowest BCUT2D eigenvalue weighted by atomic mass is 10.1. The maximum Gasteiger partial charge on any atom is 0.231 e. The SMILES string of the molecule is COc1cc(CCNC2CC2)cc2c1OCO2. The first-order valence-electron chi connectivity index (χ1n) is 6.06. The monoisotopic (exact) mass is 235 g/mol. The number of rotatable bonds is 5. The van der Waals surface area contributed by atoms with E-state index < -0.39 is 0 Å². The van der Waals surface area contributed by atoms with E-state index in [1.807, 2.05) is 12.1 Å². The zero-order valence-electron chi connectivity index (χ0n) is 9.99. The van der Waals surface area contributed by atoms with E-state index >= 15 is 0 Å². The lowest BCUT2D eigenvalue weighted by Gasteiger charge is -2.08. The van der Waals surface area contributed by atoms with Crippen LogP contribution in [-0.4, -0.2) is 26.5 Å². The zero-order valence-corrected chi connectivity index (χ0v) is 9.99. The first kappa shape index (κ1) is 10.7. The lowest BCUT2D eigenvalue weighted by molar-refractivity contribution is 0.171. The smallest absolute Gasteiger partial charge is 0.231 e. The van der Waals surface area contributed by atoms with Gasteiger partial charge in [0.1, 0.15) is 0 Å². The van der Waals surface area contributed by atoms with Crippen molar-refractivity contribution in [3.05, 3.63) is 17.7 Å². The van der Waals surface area contributed by atoms with E-state index in [9.17, 15) is 0 Å². The number of hydrogen-bond acceptors (Lipinski definition) is 4. The van der Waals surface area contributed by atoms with Crippen LogP contribution in [0.25, 0.3) is 0 Å². The molecule has 1 fully saturated rings. The van der Waals surface area contributed by atoms with Crippen molar-refractivity contribution in [2.24, 2.45) is 0 Å². The summed E-state index contributed by atoms with van der Waals surface area (Å²) in [5, 5.41) is 3.50. The predicted octanol–water partition coefficient (Wildman–Crippen LogP) is 1.72. The Bertz CT molecular complexity index is 415. The van der Waals surface area contributed by atoms with Crippen LogP contribution in [0, 0.1) is 0 Å². The van der Waals surface area contributed by atoms with Gasteiger partial charge in [0.15, 0.2) is 11.5 Å². The number of ether oxygens (including phenoxy) is 3. The van der Waals surface area contributed by atoms with Gasteiger partial charge in [0.05, 0.1) is 7.11 Å². The highest BCUT2D eigenvalue weighted by Gasteiger charge is 2.21. The average Bonchev–Trinajstić information content (AvgIpc) is 3.04. The van der Waals surface area contributed by atoms with Gasteiger partial charge in [0, 0.05) is 6.04 Å². The second-order valence-corrected chi connectivity index (χ2v) is 4.51. The summed E-state index contributed by atoms with van der Waals surface area (Å²) in [4.78, 5) is 0. The maximum absolute atomic E-state index is 5.40. The molecular weight excluding hydrogens is 218 g/mol. The van der Waals surface area contributed by atoms with Crippen LogP contribution < -0.4 is 19.5 Å². The molecule has 1 aromatic rings. The third kappa shape index (κ3) is 2.31. The van der Waals surface area contributed by atoms with Crippen molar-refractivity contribution in [3.8, 4) is 17.2 Å². The molecule has 92 valence electrons. The molecule has 0 radical (unpaired) electrons. The normalized spacial score (nSPS) is 17.2. The largest absolute Gasteiger partial charge is 0.493 e. The fraction of sp³-hybridized carbons (Fsp3) is 0.538. The number of nitrogens with one attached hydrogen (secondary N) is 1. The summed E-state index contributed by atoms with van der Waals surface area (Å²) in [5.74, 6) is 2.29. The molecule has 1 saturated carbocycles. The van der Waals surface area contributed by atoms with Crippen LogP contribution in [0.3, 0.4) is 0 Å². The first-order valence-corrected chi connectivity index (χ1v) is 6.06. The third-order valence-corrected chi connectivity index (χ3v) is 3.14. The van der Waals surface area contributed by atoms with E-state index in [-0.39, 0.29) is 6.79 Å². The van der Waals surface area contributed by atoms with Crippen molar-refractivity contribution >= 4 is 0 Å².